The predicted octanol–water partition coefficient (Wildman–Crippen LogP) is 3.84. The number of rotatable bonds is 9. The van der Waals surface area contributed by atoms with Gasteiger partial charge in [-0.1, -0.05) is 32.0 Å². The lowest BCUT2D eigenvalue weighted by molar-refractivity contribution is -0.192. The molecule has 0 saturated carbocycles. The monoisotopic (exact) mass is 491 g/mol. The van der Waals surface area contributed by atoms with Crippen LogP contribution in [0, 0.1) is 0 Å². The highest BCUT2D eigenvalue weighted by atomic mass is 32.2. The maximum atomic E-state index is 12.7. The Morgan fingerprint density at radius 2 is 1.58 bits per heavy atom. The molecule has 33 heavy (non-hydrogen) atoms. The number of aliphatic carboxylic acids is 1. The fourth-order valence-corrected chi connectivity index (χ4v) is 3.64. The summed E-state index contributed by atoms with van der Waals surface area (Å²) in [5.41, 5.74) is 0.0862. The number of nitrogens with zero attached hydrogens (tertiary/aromatic N) is 2. The highest BCUT2D eigenvalue weighted by Gasteiger charge is 2.38. The summed E-state index contributed by atoms with van der Waals surface area (Å²) in [7, 11) is -3.85. The Balaban J connectivity index is 0.000000675. The minimum atomic E-state index is -5.08. The molecule has 0 saturated heterocycles. The molecule has 3 N–H and O–H groups in total. The minimum absolute atomic E-state index is 0.0764. The molecular weight excluding hydrogens is 467 g/mol. The van der Waals surface area contributed by atoms with Crippen LogP contribution >= 0.6 is 0 Å². The molecule has 0 aliphatic heterocycles. The van der Waals surface area contributed by atoms with Crippen molar-refractivity contribution < 1.29 is 41.4 Å². The predicted molar refractivity (Wildman–Crippen MR) is 115 cm³/mol. The summed E-state index contributed by atoms with van der Waals surface area (Å²) in [6.45, 7) is 5.41. The molecule has 0 amide bonds. The van der Waals surface area contributed by atoms with E-state index in [1.165, 1.54) is 24.4 Å². The molecule has 2 rings (SSSR count). The number of aromatic nitrogens is 1. The molecule has 0 radical (unpaired) electrons. The van der Waals surface area contributed by atoms with Crippen molar-refractivity contribution in [2.75, 3.05) is 22.7 Å². The number of benzene rings is 1. The first-order valence-corrected chi connectivity index (χ1v) is 11.2. The lowest BCUT2D eigenvalue weighted by Gasteiger charge is -2.25. The number of halogens is 3. The number of aromatic carboxylic acids is 1. The molecule has 0 aliphatic rings. The lowest BCUT2D eigenvalue weighted by atomic mass is 10.2. The Bertz CT molecular complexity index is 1040. The molecule has 0 bridgehead atoms. The maximum Gasteiger partial charge on any atom is 0.490 e. The van der Waals surface area contributed by atoms with E-state index in [9.17, 15) is 31.5 Å². The van der Waals surface area contributed by atoms with E-state index in [0.29, 0.717) is 18.9 Å². The van der Waals surface area contributed by atoms with Crippen molar-refractivity contribution in [2.45, 2.75) is 37.8 Å². The van der Waals surface area contributed by atoms with E-state index in [2.05, 4.69) is 9.71 Å². The fraction of sp³-hybridized carbons (Fsp3) is 0.350. The van der Waals surface area contributed by atoms with Gasteiger partial charge in [0.15, 0.2) is 5.82 Å². The third-order valence-electron chi connectivity index (χ3n) is 3.94. The number of carbonyl (C=O) groups is 2. The quantitative estimate of drug-likeness (QED) is 0.481. The summed E-state index contributed by atoms with van der Waals surface area (Å²) in [6, 6.07) is 9.24. The van der Waals surface area contributed by atoms with Crippen molar-refractivity contribution in [3.8, 4) is 0 Å². The van der Waals surface area contributed by atoms with Crippen molar-refractivity contribution in [1.82, 2.24) is 4.98 Å². The van der Waals surface area contributed by atoms with Gasteiger partial charge in [0, 0.05) is 19.3 Å². The van der Waals surface area contributed by atoms with Crippen LogP contribution < -0.4 is 9.62 Å². The molecule has 2 aromatic rings. The number of nitrogens with one attached hydrogen (secondary N) is 1. The number of alkyl halides is 3. The normalized spacial score (nSPS) is 11.2. The molecule has 0 spiro atoms. The molecule has 182 valence electrons. The van der Waals surface area contributed by atoms with E-state index >= 15 is 0 Å². The van der Waals surface area contributed by atoms with Gasteiger partial charge in [-0.2, -0.15) is 13.2 Å². The second-order valence-electron chi connectivity index (χ2n) is 6.61. The van der Waals surface area contributed by atoms with Gasteiger partial charge in [-0.25, -0.2) is 23.0 Å². The fourth-order valence-electron chi connectivity index (χ4n) is 2.57. The van der Waals surface area contributed by atoms with Crippen molar-refractivity contribution in [1.29, 1.82) is 0 Å². The van der Waals surface area contributed by atoms with E-state index < -0.39 is 28.1 Å². The van der Waals surface area contributed by atoms with Gasteiger partial charge in [0.1, 0.15) is 0 Å². The summed E-state index contributed by atoms with van der Waals surface area (Å²) < 4.78 is 59.6. The molecule has 0 aliphatic carbocycles. The van der Waals surface area contributed by atoms with Gasteiger partial charge < -0.3 is 15.1 Å². The lowest BCUT2D eigenvalue weighted by Crippen LogP contribution is -2.28. The van der Waals surface area contributed by atoms with Crippen LogP contribution in [-0.2, 0) is 14.8 Å². The Labute approximate surface area is 188 Å². The SMILES string of the molecule is CCCN(CCC)c1ncc(C(=O)O)cc1NS(=O)(=O)c1ccccc1.O=C(O)C(F)(F)F. The zero-order valence-corrected chi connectivity index (χ0v) is 18.7. The second kappa shape index (κ2) is 12.0. The van der Waals surface area contributed by atoms with Gasteiger partial charge in [0.2, 0.25) is 0 Å². The number of pyridine rings is 1. The molecule has 0 atom stereocenters. The smallest absolute Gasteiger partial charge is 0.478 e. The van der Waals surface area contributed by atoms with Crippen LogP contribution in [0.3, 0.4) is 0 Å². The van der Waals surface area contributed by atoms with Gasteiger partial charge >= 0.3 is 18.1 Å². The van der Waals surface area contributed by atoms with E-state index in [4.69, 9.17) is 9.90 Å². The van der Waals surface area contributed by atoms with Gasteiger partial charge in [0.05, 0.1) is 16.1 Å². The Morgan fingerprint density at radius 3 is 2.00 bits per heavy atom. The highest BCUT2D eigenvalue weighted by molar-refractivity contribution is 7.92. The molecule has 0 unspecified atom stereocenters. The van der Waals surface area contributed by atoms with Crippen LogP contribution in [-0.4, -0.2) is 54.8 Å². The third kappa shape index (κ3) is 8.60. The topological polar surface area (TPSA) is 137 Å². The van der Waals surface area contributed by atoms with Crippen LogP contribution in [0.25, 0.3) is 0 Å². The number of hydrogen-bond acceptors (Lipinski definition) is 6. The molecule has 1 heterocycles. The molecular formula is C20H24F3N3O6S. The van der Waals surface area contributed by atoms with E-state index in [1.807, 2.05) is 18.7 Å². The maximum absolute atomic E-state index is 12.7. The van der Waals surface area contributed by atoms with E-state index in [-0.39, 0.29) is 16.1 Å². The van der Waals surface area contributed by atoms with Crippen molar-refractivity contribution in [3.05, 3.63) is 48.2 Å². The van der Waals surface area contributed by atoms with Crippen molar-refractivity contribution >= 4 is 33.5 Å². The van der Waals surface area contributed by atoms with Gasteiger partial charge in [-0.15, -0.1) is 0 Å². The van der Waals surface area contributed by atoms with Gasteiger partial charge in [0.25, 0.3) is 10.0 Å². The number of anilines is 2. The summed E-state index contributed by atoms with van der Waals surface area (Å²) in [6.07, 6.45) is -2.13. The van der Waals surface area contributed by atoms with Gasteiger partial charge in [-0.3, -0.25) is 4.72 Å². The standard InChI is InChI=1S/C18H23N3O4S.C2HF3O2/c1-3-10-21(11-4-2)17-16(12-14(13-19-17)18(22)23)20-26(24,25)15-8-6-5-7-9-15;3-2(4,5)1(6)7/h5-9,12-13,20H,3-4,10-11H2,1-2H3,(H,22,23);(H,6,7). The average molecular weight is 491 g/mol. The summed E-state index contributed by atoms with van der Waals surface area (Å²) in [4.78, 5) is 26.5. The van der Waals surface area contributed by atoms with Crippen LogP contribution in [0.2, 0.25) is 0 Å². The molecule has 0 fully saturated rings. The molecule has 1 aromatic heterocycles. The largest absolute Gasteiger partial charge is 0.490 e. The third-order valence-corrected chi connectivity index (χ3v) is 5.32. The Kier molecular flexibility index (Phi) is 10.1. The summed E-state index contributed by atoms with van der Waals surface area (Å²) in [5.74, 6) is -3.49. The number of carboxylic acids is 2. The van der Waals surface area contributed by atoms with Gasteiger partial charge in [-0.05, 0) is 31.0 Å². The van der Waals surface area contributed by atoms with E-state index in [0.717, 1.165) is 12.8 Å². The summed E-state index contributed by atoms with van der Waals surface area (Å²) in [5, 5.41) is 16.4. The number of sulfonamides is 1. The molecule has 9 nitrogen and oxygen atoms in total. The van der Waals surface area contributed by atoms with E-state index in [1.54, 1.807) is 18.2 Å². The van der Waals surface area contributed by atoms with Crippen molar-refractivity contribution in [3.63, 3.8) is 0 Å². The first kappa shape index (κ1) is 27.7. The molecule has 1 aromatic carbocycles. The second-order valence-corrected chi connectivity index (χ2v) is 8.29. The van der Waals surface area contributed by atoms with Crippen LogP contribution in [0.5, 0.6) is 0 Å². The first-order valence-electron chi connectivity index (χ1n) is 9.69. The number of carboxylic acid groups (broad SMARTS) is 2. The zero-order chi connectivity index (χ0) is 25.2. The summed E-state index contributed by atoms with van der Waals surface area (Å²) >= 11 is 0. The van der Waals surface area contributed by atoms with Crippen LogP contribution in [0.1, 0.15) is 37.0 Å². The number of hydrogen-bond donors (Lipinski definition) is 3. The first-order chi connectivity index (χ1) is 15.3. The van der Waals surface area contributed by atoms with Crippen LogP contribution in [0.4, 0.5) is 24.7 Å². The average Bonchev–Trinajstić information content (AvgIpc) is 2.73. The highest BCUT2D eigenvalue weighted by Crippen LogP contribution is 2.27. The minimum Gasteiger partial charge on any atom is -0.478 e. The Morgan fingerprint density at radius 1 is 1.06 bits per heavy atom. The molecule has 13 heteroatoms. The van der Waals surface area contributed by atoms with Crippen LogP contribution in [0.15, 0.2) is 47.5 Å². The Hall–Kier alpha value is -3.35. The zero-order valence-electron chi connectivity index (χ0n) is 17.8. The van der Waals surface area contributed by atoms with Crippen molar-refractivity contribution in [2.24, 2.45) is 0 Å².